The lowest BCUT2D eigenvalue weighted by Gasteiger charge is -2.10. The molecule has 1 nitrogen and oxygen atoms in total. The van der Waals surface area contributed by atoms with E-state index in [2.05, 4.69) is 35.7 Å². The number of benzene rings is 1. The van der Waals surface area contributed by atoms with E-state index in [1.807, 2.05) is 13.0 Å². The van der Waals surface area contributed by atoms with E-state index in [9.17, 15) is 0 Å². The molecule has 1 heterocycles. The van der Waals surface area contributed by atoms with E-state index in [-0.39, 0.29) is 6.04 Å². The maximum absolute atomic E-state index is 5.93. The first-order valence-corrected chi connectivity index (χ1v) is 6.53. The van der Waals surface area contributed by atoms with Gasteiger partial charge in [-0.1, -0.05) is 36.0 Å². The summed E-state index contributed by atoms with van der Waals surface area (Å²) in [5.74, 6) is 0. The van der Waals surface area contributed by atoms with Gasteiger partial charge < -0.3 is 5.73 Å². The molecule has 1 aromatic heterocycles. The van der Waals surface area contributed by atoms with Crippen molar-refractivity contribution in [2.45, 2.75) is 22.1 Å². The average molecular weight is 235 g/mol. The molecule has 0 spiro atoms. The molecule has 0 aliphatic carbocycles. The average Bonchev–Trinajstić information content (AvgIpc) is 2.71. The SMILES string of the molecule is C[C@@H](N)c1ccccc1Sc1cccs1. The second kappa shape index (κ2) is 4.84. The van der Waals surface area contributed by atoms with E-state index < -0.39 is 0 Å². The highest BCUT2D eigenvalue weighted by molar-refractivity contribution is 8.01. The van der Waals surface area contributed by atoms with Crippen molar-refractivity contribution in [3.05, 3.63) is 47.3 Å². The van der Waals surface area contributed by atoms with Gasteiger partial charge in [0.2, 0.25) is 0 Å². The Labute approximate surface area is 98.3 Å². The van der Waals surface area contributed by atoms with Crippen molar-refractivity contribution >= 4 is 23.1 Å². The van der Waals surface area contributed by atoms with Crippen molar-refractivity contribution < 1.29 is 0 Å². The summed E-state index contributed by atoms with van der Waals surface area (Å²) in [4.78, 5) is 1.26. The number of thiophene rings is 1. The molecule has 1 aromatic carbocycles. The number of hydrogen-bond donors (Lipinski definition) is 1. The molecule has 0 saturated heterocycles. The molecular weight excluding hydrogens is 222 g/mol. The minimum absolute atomic E-state index is 0.0914. The van der Waals surface area contributed by atoms with Crippen LogP contribution in [0.5, 0.6) is 0 Å². The van der Waals surface area contributed by atoms with Crippen LogP contribution in [0.4, 0.5) is 0 Å². The number of rotatable bonds is 3. The van der Waals surface area contributed by atoms with Gasteiger partial charge in [-0.2, -0.15) is 0 Å². The van der Waals surface area contributed by atoms with E-state index in [4.69, 9.17) is 5.73 Å². The lowest BCUT2D eigenvalue weighted by atomic mass is 10.1. The summed E-state index contributed by atoms with van der Waals surface area (Å²) in [6.45, 7) is 2.02. The highest BCUT2D eigenvalue weighted by atomic mass is 32.2. The molecule has 0 amide bonds. The molecule has 0 bridgehead atoms. The van der Waals surface area contributed by atoms with Crippen LogP contribution < -0.4 is 5.73 Å². The van der Waals surface area contributed by atoms with E-state index in [1.165, 1.54) is 14.7 Å². The molecule has 0 aliphatic rings. The first kappa shape index (κ1) is 10.7. The van der Waals surface area contributed by atoms with Gasteiger partial charge in [-0.3, -0.25) is 0 Å². The zero-order valence-electron chi connectivity index (χ0n) is 8.51. The maximum atomic E-state index is 5.93. The molecule has 15 heavy (non-hydrogen) atoms. The monoisotopic (exact) mass is 235 g/mol. The van der Waals surface area contributed by atoms with E-state index >= 15 is 0 Å². The first-order chi connectivity index (χ1) is 7.27. The largest absolute Gasteiger partial charge is 0.324 e. The molecule has 78 valence electrons. The normalized spacial score (nSPS) is 12.7. The Kier molecular flexibility index (Phi) is 3.46. The van der Waals surface area contributed by atoms with Crippen LogP contribution >= 0.6 is 23.1 Å². The van der Waals surface area contributed by atoms with Gasteiger partial charge >= 0.3 is 0 Å². The minimum Gasteiger partial charge on any atom is -0.324 e. The fourth-order valence-electron chi connectivity index (χ4n) is 1.38. The Morgan fingerprint density at radius 2 is 2.00 bits per heavy atom. The number of nitrogens with two attached hydrogens (primary N) is 1. The Balaban J connectivity index is 2.28. The summed E-state index contributed by atoms with van der Waals surface area (Å²) in [7, 11) is 0. The Morgan fingerprint density at radius 1 is 1.20 bits per heavy atom. The molecule has 0 aliphatic heterocycles. The van der Waals surface area contributed by atoms with Gasteiger partial charge in [-0.05, 0) is 30.0 Å². The number of hydrogen-bond acceptors (Lipinski definition) is 3. The summed E-state index contributed by atoms with van der Waals surface area (Å²) < 4.78 is 1.31. The van der Waals surface area contributed by atoms with Gasteiger partial charge in [-0.25, -0.2) is 0 Å². The molecule has 2 rings (SSSR count). The van der Waals surface area contributed by atoms with Crippen LogP contribution in [0.3, 0.4) is 0 Å². The highest BCUT2D eigenvalue weighted by Crippen LogP contribution is 2.34. The van der Waals surface area contributed by atoms with E-state index in [0.717, 1.165) is 0 Å². The van der Waals surface area contributed by atoms with Crippen LogP contribution in [0.2, 0.25) is 0 Å². The van der Waals surface area contributed by atoms with Gasteiger partial charge in [0, 0.05) is 10.9 Å². The molecule has 0 saturated carbocycles. The van der Waals surface area contributed by atoms with Crippen LogP contribution in [-0.4, -0.2) is 0 Å². The molecule has 1 atom stereocenters. The van der Waals surface area contributed by atoms with Crippen LogP contribution in [0.15, 0.2) is 50.9 Å². The quantitative estimate of drug-likeness (QED) is 0.872. The molecule has 0 unspecified atom stereocenters. The molecule has 2 aromatic rings. The topological polar surface area (TPSA) is 26.0 Å². The predicted octanol–water partition coefficient (Wildman–Crippen LogP) is 3.92. The van der Waals surface area contributed by atoms with Gasteiger partial charge in [-0.15, -0.1) is 11.3 Å². The molecule has 0 radical (unpaired) electrons. The molecular formula is C12H13NS2. The summed E-state index contributed by atoms with van der Waals surface area (Å²) in [6, 6.07) is 12.6. The third-order valence-electron chi connectivity index (χ3n) is 2.12. The Bertz CT molecular complexity index is 421. The second-order valence-corrected chi connectivity index (χ2v) is 5.65. The lowest BCUT2D eigenvalue weighted by Crippen LogP contribution is -2.05. The van der Waals surface area contributed by atoms with Gasteiger partial charge in [0.05, 0.1) is 4.21 Å². The van der Waals surface area contributed by atoms with Gasteiger partial charge in [0.1, 0.15) is 0 Å². The van der Waals surface area contributed by atoms with Gasteiger partial charge in [0.15, 0.2) is 0 Å². The summed E-state index contributed by atoms with van der Waals surface area (Å²) in [5.41, 5.74) is 7.15. The maximum Gasteiger partial charge on any atom is 0.0646 e. The standard InChI is InChI=1S/C12H13NS2/c1-9(13)10-5-2-3-6-11(10)15-12-7-4-8-14-12/h2-9H,13H2,1H3/t9-/m1/s1. The van der Waals surface area contributed by atoms with Crippen LogP contribution in [0, 0.1) is 0 Å². The zero-order valence-corrected chi connectivity index (χ0v) is 10.1. The molecule has 0 fully saturated rings. The van der Waals surface area contributed by atoms with Crippen molar-refractivity contribution in [2.24, 2.45) is 5.73 Å². The smallest absolute Gasteiger partial charge is 0.0646 e. The van der Waals surface area contributed by atoms with Crippen LogP contribution in [-0.2, 0) is 0 Å². The third-order valence-corrected chi connectivity index (χ3v) is 4.24. The van der Waals surface area contributed by atoms with Crippen molar-refractivity contribution in [3.8, 4) is 0 Å². The fourth-order valence-corrected chi connectivity index (χ4v) is 3.34. The van der Waals surface area contributed by atoms with E-state index in [0.29, 0.717) is 0 Å². The highest BCUT2D eigenvalue weighted by Gasteiger charge is 2.07. The Hall–Kier alpha value is -0.770. The summed E-state index contributed by atoms with van der Waals surface area (Å²) >= 11 is 3.55. The summed E-state index contributed by atoms with van der Waals surface area (Å²) in [6.07, 6.45) is 0. The second-order valence-electron chi connectivity index (χ2n) is 3.36. The Morgan fingerprint density at radius 3 is 2.67 bits per heavy atom. The summed E-state index contributed by atoms with van der Waals surface area (Å²) in [5, 5.41) is 2.09. The lowest BCUT2D eigenvalue weighted by molar-refractivity contribution is 0.797. The fraction of sp³-hybridized carbons (Fsp3) is 0.167. The minimum atomic E-state index is 0.0914. The third kappa shape index (κ3) is 2.62. The van der Waals surface area contributed by atoms with Crippen molar-refractivity contribution in [1.82, 2.24) is 0 Å². The predicted molar refractivity (Wildman–Crippen MR) is 67.5 cm³/mol. The zero-order chi connectivity index (χ0) is 10.7. The first-order valence-electron chi connectivity index (χ1n) is 4.83. The molecule has 3 heteroatoms. The van der Waals surface area contributed by atoms with Crippen LogP contribution in [0.25, 0.3) is 0 Å². The van der Waals surface area contributed by atoms with Gasteiger partial charge in [0.25, 0.3) is 0 Å². The van der Waals surface area contributed by atoms with Crippen molar-refractivity contribution in [2.75, 3.05) is 0 Å². The molecule has 2 N–H and O–H groups in total. The van der Waals surface area contributed by atoms with Crippen LogP contribution in [0.1, 0.15) is 18.5 Å². The van der Waals surface area contributed by atoms with Crippen molar-refractivity contribution in [3.63, 3.8) is 0 Å². The van der Waals surface area contributed by atoms with Crippen molar-refractivity contribution in [1.29, 1.82) is 0 Å². The van der Waals surface area contributed by atoms with E-state index in [1.54, 1.807) is 23.1 Å².